The predicted octanol–water partition coefficient (Wildman–Crippen LogP) is 2.35. The van der Waals surface area contributed by atoms with Gasteiger partial charge >= 0.3 is 0 Å². The summed E-state index contributed by atoms with van der Waals surface area (Å²) in [6.45, 7) is 8.46. The minimum atomic E-state index is -3.58. The Hall–Kier alpha value is -0.560. The van der Waals surface area contributed by atoms with Crippen LogP contribution in [-0.4, -0.2) is 49.8 Å². The average molecular weight is 335 g/mol. The molecule has 0 amide bonds. The maximum Gasteiger partial charge on any atom is 0.246 e. The summed E-state index contributed by atoms with van der Waals surface area (Å²) in [5.41, 5.74) is 0.577. The lowest BCUT2D eigenvalue weighted by Gasteiger charge is -2.41. The van der Waals surface area contributed by atoms with E-state index in [1.165, 1.54) is 0 Å². The molecule has 0 aliphatic carbocycles. The monoisotopic (exact) mass is 334 g/mol. The summed E-state index contributed by atoms with van der Waals surface area (Å²) in [6.07, 6.45) is 0. The first kappa shape index (κ1) is 16.8. The van der Waals surface area contributed by atoms with Crippen molar-refractivity contribution >= 4 is 21.6 Å². The van der Waals surface area contributed by atoms with Gasteiger partial charge in [0.05, 0.1) is 5.88 Å². The van der Waals surface area contributed by atoms with Gasteiger partial charge in [0.15, 0.2) is 0 Å². The molecule has 0 saturated carbocycles. The van der Waals surface area contributed by atoms with Gasteiger partial charge in [-0.1, -0.05) is 0 Å². The molecule has 1 aromatic heterocycles. The lowest BCUT2D eigenvalue weighted by molar-refractivity contribution is 0.105. The highest BCUT2D eigenvalue weighted by Gasteiger charge is 2.37. The highest BCUT2D eigenvalue weighted by atomic mass is 35.5. The van der Waals surface area contributed by atoms with Crippen LogP contribution >= 0.6 is 11.6 Å². The number of sulfonamides is 1. The molecule has 7 heteroatoms. The van der Waals surface area contributed by atoms with Gasteiger partial charge in [-0.25, -0.2) is 8.42 Å². The van der Waals surface area contributed by atoms with Gasteiger partial charge in [0.2, 0.25) is 10.0 Å². The number of hydrogen-bond acceptors (Lipinski definition) is 4. The minimum absolute atomic E-state index is 0.136. The molecule has 0 radical (unpaired) electrons. The second-order valence-electron chi connectivity index (χ2n) is 5.84. The Balaban J connectivity index is 2.44. The van der Waals surface area contributed by atoms with Crippen LogP contribution in [0.3, 0.4) is 0 Å². The number of hydrogen-bond donors (Lipinski definition) is 0. The summed E-state index contributed by atoms with van der Waals surface area (Å²) in [7, 11) is -1.55. The molecule has 1 aromatic rings. The summed E-state index contributed by atoms with van der Waals surface area (Å²) in [5, 5.41) is 0. The molecule has 2 heterocycles. The van der Waals surface area contributed by atoms with Gasteiger partial charge in [-0.2, -0.15) is 4.31 Å². The van der Waals surface area contributed by atoms with E-state index in [2.05, 4.69) is 4.90 Å². The molecule has 120 valence electrons. The van der Waals surface area contributed by atoms with Crippen LogP contribution in [0.4, 0.5) is 0 Å². The van der Waals surface area contributed by atoms with Crippen LogP contribution in [0.1, 0.15) is 30.9 Å². The quantitative estimate of drug-likeness (QED) is 0.796. The first-order chi connectivity index (χ1) is 9.70. The van der Waals surface area contributed by atoms with Crippen LogP contribution in [0.5, 0.6) is 0 Å². The van der Waals surface area contributed by atoms with E-state index in [-0.39, 0.29) is 22.9 Å². The highest BCUT2D eigenvalue weighted by Crippen LogP contribution is 2.31. The highest BCUT2D eigenvalue weighted by molar-refractivity contribution is 7.89. The third kappa shape index (κ3) is 2.86. The Morgan fingerprint density at radius 3 is 2.19 bits per heavy atom. The van der Waals surface area contributed by atoms with Gasteiger partial charge in [-0.05, 0) is 34.7 Å². The molecule has 1 saturated heterocycles. The van der Waals surface area contributed by atoms with Crippen LogP contribution in [0.15, 0.2) is 9.31 Å². The Kier molecular flexibility index (Phi) is 4.73. The molecule has 2 rings (SSSR count). The third-order valence-corrected chi connectivity index (χ3v) is 6.68. The lowest BCUT2D eigenvalue weighted by atomic mass is 10.1. The van der Waals surface area contributed by atoms with Crippen molar-refractivity contribution in [3.8, 4) is 0 Å². The van der Waals surface area contributed by atoms with E-state index in [0.29, 0.717) is 30.2 Å². The van der Waals surface area contributed by atoms with Crippen LogP contribution in [0.25, 0.3) is 0 Å². The lowest BCUT2D eigenvalue weighted by Crippen LogP contribution is -2.56. The van der Waals surface area contributed by atoms with Gasteiger partial charge in [-0.15, -0.1) is 11.6 Å². The number of piperazine rings is 1. The minimum Gasteiger partial charge on any atom is -0.465 e. The summed E-state index contributed by atoms with van der Waals surface area (Å²) >= 11 is 5.92. The van der Waals surface area contributed by atoms with Crippen molar-refractivity contribution in [3.63, 3.8) is 0 Å². The maximum absolute atomic E-state index is 13.0. The second kappa shape index (κ2) is 5.91. The number of alkyl halides is 1. The topological polar surface area (TPSA) is 53.8 Å². The van der Waals surface area contributed by atoms with Crippen LogP contribution in [0, 0.1) is 13.8 Å². The van der Waals surface area contributed by atoms with E-state index in [9.17, 15) is 8.42 Å². The fourth-order valence-electron chi connectivity index (χ4n) is 2.88. The van der Waals surface area contributed by atoms with Crippen LogP contribution in [-0.2, 0) is 15.9 Å². The van der Waals surface area contributed by atoms with Crippen LogP contribution in [0.2, 0.25) is 0 Å². The number of halogens is 1. The standard InChI is InChI=1S/C14H23ClN2O3S/c1-9-7-17(8-10(2)16(9)5)21(18,19)14-12(4)20-11(3)13(14)6-15/h9-10H,6-8H2,1-5H3. The maximum atomic E-state index is 13.0. The molecule has 2 unspecified atom stereocenters. The second-order valence-corrected chi connectivity index (χ2v) is 7.98. The molecule has 0 N–H and O–H groups in total. The summed E-state index contributed by atoms with van der Waals surface area (Å²) < 4.78 is 33.0. The zero-order valence-electron chi connectivity index (χ0n) is 13.2. The summed E-state index contributed by atoms with van der Waals surface area (Å²) in [6, 6.07) is 0.354. The van der Waals surface area contributed by atoms with Crippen molar-refractivity contribution in [2.24, 2.45) is 0 Å². The van der Waals surface area contributed by atoms with Crippen LogP contribution < -0.4 is 0 Å². The predicted molar refractivity (Wildman–Crippen MR) is 83.2 cm³/mol. The van der Waals surface area contributed by atoms with E-state index in [1.807, 2.05) is 20.9 Å². The van der Waals surface area contributed by atoms with Crippen molar-refractivity contribution in [3.05, 3.63) is 17.1 Å². The first-order valence-electron chi connectivity index (χ1n) is 7.07. The molecule has 0 spiro atoms. The third-order valence-electron chi connectivity index (χ3n) is 4.38. The van der Waals surface area contributed by atoms with E-state index in [0.717, 1.165) is 0 Å². The molecular weight excluding hydrogens is 312 g/mol. The van der Waals surface area contributed by atoms with Crippen molar-refractivity contribution in [2.45, 2.75) is 50.6 Å². The zero-order valence-corrected chi connectivity index (χ0v) is 14.8. The van der Waals surface area contributed by atoms with Crippen molar-refractivity contribution in [1.29, 1.82) is 0 Å². The van der Waals surface area contributed by atoms with Crippen molar-refractivity contribution in [2.75, 3.05) is 20.1 Å². The molecule has 0 aromatic carbocycles. The molecular formula is C14H23ClN2O3S. The molecule has 1 fully saturated rings. The molecule has 21 heavy (non-hydrogen) atoms. The van der Waals surface area contributed by atoms with Crippen molar-refractivity contribution in [1.82, 2.24) is 9.21 Å². The fraction of sp³-hybridized carbons (Fsp3) is 0.714. The van der Waals surface area contributed by atoms with E-state index in [1.54, 1.807) is 18.2 Å². The van der Waals surface area contributed by atoms with E-state index < -0.39 is 10.0 Å². The normalized spacial score (nSPS) is 25.4. The summed E-state index contributed by atoms with van der Waals surface area (Å²) in [4.78, 5) is 2.45. The van der Waals surface area contributed by atoms with Gasteiger partial charge in [0, 0.05) is 30.7 Å². The van der Waals surface area contributed by atoms with Gasteiger partial charge in [-0.3, -0.25) is 4.90 Å². The van der Waals surface area contributed by atoms with E-state index >= 15 is 0 Å². The number of nitrogens with zero attached hydrogens (tertiary/aromatic N) is 2. The Labute approximate surface area is 131 Å². The smallest absolute Gasteiger partial charge is 0.246 e. The summed E-state index contributed by atoms with van der Waals surface area (Å²) in [5.74, 6) is 1.13. The number of furan rings is 1. The molecule has 0 bridgehead atoms. The van der Waals surface area contributed by atoms with Gasteiger partial charge in [0.1, 0.15) is 16.4 Å². The Morgan fingerprint density at radius 1 is 1.19 bits per heavy atom. The fourth-order valence-corrected chi connectivity index (χ4v) is 5.30. The average Bonchev–Trinajstić information content (AvgIpc) is 2.69. The number of likely N-dealkylation sites (N-methyl/N-ethyl adjacent to an activating group) is 1. The molecule has 2 atom stereocenters. The largest absolute Gasteiger partial charge is 0.465 e. The van der Waals surface area contributed by atoms with Crippen molar-refractivity contribution < 1.29 is 12.8 Å². The van der Waals surface area contributed by atoms with Gasteiger partial charge in [0.25, 0.3) is 0 Å². The number of aryl methyl sites for hydroxylation is 2. The first-order valence-corrected chi connectivity index (χ1v) is 9.04. The van der Waals surface area contributed by atoms with E-state index in [4.69, 9.17) is 16.0 Å². The molecule has 5 nitrogen and oxygen atoms in total. The van der Waals surface area contributed by atoms with Gasteiger partial charge < -0.3 is 4.42 Å². The molecule has 1 aliphatic rings. The number of rotatable bonds is 3. The Morgan fingerprint density at radius 2 is 1.71 bits per heavy atom. The SMILES string of the molecule is Cc1oc(C)c(S(=O)(=O)N2CC(C)N(C)C(C)C2)c1CCl. The Bertz CT molecular complexity index is 614. The molecule has 1 aliphatic heterocycles. The zero-order chi connectivity index (χ0) is 15.9.